The van der Waals surface area contributed by atoms with Gasteiger partial charge in [0.15, 0.2) is 0 Å². The molecule has 1 N–H and O–H groups in total. The quantitative estimate of drug-likeness (QED) is 0.878. The molecule has 0 heterocycles. The average Bonchev–Trinajstić information content (AvgIpc) is 3.30. The largest absolute Gasteiger partial charge is 0.325 e. The Labute approximate surface area is 126 Å². The second kappa shape index (κ2) is 5.36. The van der Waals surface area contributed by atoms with Crippen LogP contribution in [0.15, 0.2) is 54.6 Å². The van der Waals surface area contributed by atoms with Gasteiger partial charge >= 0.3 is 0 Å². The van der Waals surface area contributed by atoms with Crippen LogP contribution >= 0.6 is 0 Å². The van der Waals surface area contributed by atoms with Gasteiger partial charge in [0.05, 0.1) is 5.41 Å². The molecule has 2 aromatic rings. The SMILES string of the molecule is CC(C)c1ccccc1NC(=O)C1(c2ccccc2)CC1. The van der Waals surface area contributed by atoms with Crippen LogP contribution in [0.1, 0.15) is 43.7 Å². The number of para-hydroxylation sites is 1. The highest BCUT2D eigenvalue weighted by atomic mass is 16.2. The Bertz CT molecular complexity index is 642. The van der Waals surface area contributed by atoms with E-state index in [4.69, 9.17) is 0 Å². The van der Waals surface area contributed by atoms with Gasteiger partial charge in [0.25, 0.3) is 0 Å². The van der Waals surface area contributed by atoms with E-state index in [1.165, 1.54) is 5.56 Å². The zero-order valence-electron chi connectivity index (χ0n) is 12.6. The predicted octanol–water partition coefficient (Wildman–Crippen LogP) is 4.48. The molecule has 0 aromatic heterocycles. The fourth-order valence-corrected chi connectivity index (χ4v) is 2.89. The van der Waals surface area contributed by atoms with E-state index in [-0.39, 0.29) is 11.3 Å². The Balaban J connectivity index is 1.85. The number of rotatable bonds is 4. The number of carbonyl (C=O) groups excluding carboxylic acids is 1. The van der Waals surface area contributed by atoms with Crippen LogP contribution in [-0.4, -0.2) is 5.91 Å². The van der Waals surface area contributed by atoms with Gasteiger partial charge in [-0.15, -0.1) is 0 Å². The number of carbonyl (C=O) groups is 1. The molecule has 1 aliphatic carbocycles. The summed E-state index contributed by atoms with van der Waals surface area (Å²) in [6.07, 6.45) is 1.87. The second-order valence-corrected chi connectivity index (χ2v) is 6.14. The van der Waals surface area contributed by atoms with Gasteiger partial charge in [0.1, 0.15) is 0 Å². The van der Waals surface area contributed by atoms with E-state index in [1.54, 1.807) is 0 Å². The maximum absolute atomic E-state index is 12.8. The maximum atomic E-state index is 12.8. The first-order valence-corrected chi connectivity index (χ1v) is 7.59. The van der Waals surface area contributed by atoms with E-state index in [1.807, 2.05) is 36.4 Å². The summed E-state index contributed by atoms with van der Waals surface area (Å²) in [7, 11) is 0. The molecular weight excluding hydrogens is 258 g/mol. The van der Waals surface area contributed by atoms with Crippen molar-refractivity contribution in [2.75, 3.05) is 5.32 Å². The molecular formula is C19H21NO. The monoisotopic (exact) mass is 279 g/mol. The summed E-state index contributed by atoms with van der Waals surface area (Å²) < 4.78 is 0. The van der Waals surface area contributed by atoms with E-state index in [0.717, 1.165) is 24.1 Å². The molecule has 0 atom stereocenters. The number of amides is 1. The first kappa shape index (κ1) is 13.9. The molecule has 1 fully saturated rings. The van der Waals surface area contributed by atoms with Gasteiger partial charge < -0.3 is 5.32 Å². The molecule has 0 aliphatic heterocycles. The fourth-order valence-electron chi connectivity index (χ4n) is 2.89. The van der Waals surface area contributed by atoms with Crippen LogP contribution in [0.25, 0.3) is 0 Å². The molecule has 1 amide bonds. The lowest BCUT2D eigenvalue weighted by molar-refractivity contribution is -0.118. The summed E-state index contributed by atoms with van der Waals surface area (Å²) in [5, 5.41) is 3.15. The molecule has 108 valence electrons. The molecule has 21 heavy (non-hydrogen) atoms. The molecule has 2 aromatic carbocycles. The lowest BCUT2D eigenvalue weighted by Gasteiger charge is -2.18. The van der Waals surface area contributed by atoms with Crippen molar-refractivity contribution in [3.05, 3.63) is 65.7 Å². The normalized spacial score (nSPS) is 15.8. The van der Waals surface area contributed by atoms with Crippen molar-refractivity contribution in [2.45, 2.75) is 38.0 Å². The Morgan fingerprint density at radius 1 is 1.00 bits per heavy atom. The van der Waals surface area contributed by atoms with Crippen molar-refractivity contribution in [2.24, 2.45) is 0 Å². The minimum atomic E-state index is -0.314. The van der Waals surface area contributed by atoms with Crippen LogP contribution in [0.4, 0.5) is 5.69 Å². The van der Waals surface area contributed by atoms with Crippen molar-refractivity contribution in [1.82, 2.24) is 0 Å². The standard InChI is InChI=1S/C19H21NO/c1-14(2)16-10-6-7-11-17(16)20-18(21)19(12-13-19)15-8-4-3-5-9-15/h3-11,14H,12-13H2,1-2H3,(H,20,21). The molecule has 1 aliphatic rings. The Kier molecular flexibility index (Phi) is 3.54. The third-order valence-electron chi connectivity index (χ3n) is 4.34. The van der Waals surface area contributed by atoms with E-state index < -0.39 is 0 Å². The average molecular weight is 279 g/mol. The number of nitrogens with one attached hydrogen (secondary N) is 1. The summed E-state index contributed by atoms with van der Waals surface area (Å²) in [6.45, 7) is 4.30. The summed E-state index contributed by atoms with van der Waals surface area (Å²) >= 11 is 0. The molecule has 0 radical (unpaired) electrons. The first-order chi connectivity index (χ1) is 10.1. The maximum Gasteiger partial charge on any atom is 0.235 e. The number of hydrogen-bond donors (Lipinski definition) is 1. The van der Waals surface area contributed by atoms with Gasteiger partial charge in [-0.25, -0.2) is 0 Å². The Hall–Kier alpha value is -2.09. The highest BCUT2D eigenvalue weighted by molar-refractivity contribution is 6.01. The van der Waals surface area contributed by atoms with E-state index in [2.05, 4.69) is 37.4 Å². The number of anilines is 1. The third-order valence-corrected chi connectivity index (χ3v) is 4.34. The van der Waals surface area contributed by atoms with Crippen molar-refractivity contribution < 1.29 is 4.79 Å². The highest BCUT2D eigenvalue weighted by Crippen LogP contribution is 2.49. The minimum Gasteiger partial charge on any atom is -0.325 e. The van der Waals surface area contributed by atoms with Crippen molar-refractivity contribution in [3.8, 4) is 0 Å². The number of hydrogen-bond acceptors (Lipinski definition) is 1. The summed E-state index contributed by atoms with van der Waals surface area (Å²) in [6, 6.07) is 18.2. The molecule has 1 saturated carbocycles. The zero-order chi connectivity index (χ0) is 14.9. The van der Waals surface area contributed by atoms with Crippen molar-refractivity contribution in [1.29, 1.82) is 0 Å². The second-order valence-electron chi connectivity index (χ2n) is 6.14. The van der Waals surface area contributed by atoms with E-state index >= 15 is 0 Å². The fraction of sp³-hybridized carbons (Fsp3) is 0.316. The molecule has 0 unspecified atom stereocenters. The topological polar surface area (TPSA) is 29.1 Å². The van der Waals surface area contributed by atoms with Gasteiger partial charge in [-0.05, 0) is 36.0 Å². The van der Waals surface area contributed by atoms with Gasteiger partial charge in [-0.2, -0.15) is 0 Å². The van der Waals surface area contributed by atoms with E-state index in [9.17, 15) is 4.79 Å². The van der Waals surface area contributed by atoms with Crippen LogP contribution in [0, 0.1) is 0 Å². The lowest BCUT2D eigenvalue weighted by atomic mass is 9.94. The summed E-state index contributed by atoms with van der Waals surface area (Å²) in [5.41, 5.74) is 2.95. The van der Waals surface area contributed by atoms with Crippen molar-refractivity contribution in [3.63, 3.8) is 0 Å². The third kappa shape index (κ3) is 2.58. The Morgan fingerprint density at radius 2 is 1.62 bits per heavy atom. The molecule has 0 spiro atoms. The smallest absolute Gasteiger partial charge is 0.235 e. The lowest BCUT2D eigenvalue weighted by Crippen LogP contribution is -2.28. The predicted molar refractivity (Wildman–Crippen MR) is 86.5 cm³/mol. The first-order valence-electron chi connectivity index (χ1n) is 7.59. The van der Waals surface area contributed by atoms with Crippen LogP contribution in [0.2, 0.25) is 0 Å². The van der Waals surface area contributed by atoms with Crippen LogP contribution < -0.4 is 5.32 Å². The van der Waals surface area contributed by atoms with Crippen LogP contribution in [0.3, 0.4) is 0 Å². The zero-order valence-corrected chi connectivity index (χ0v) is 12.6. The van der Waals surface area contributed by atoms with Gasteiger partial charge in [-0.3, -0.25) is 4.79 Å². The molecule has 0 bridgehead atoms. The summed E-state index contributed by atoms with van der Waals surface area (Å²) in [4.78, 5) is 12.8. The summed E-state index contributed by atoms with van der Waals surface area (Å²) in [5.74, 6) is 0.523. The van der Waals surface area contributed by atoms with Gasteiger partial charge in [0, 0.05) is 5.69 Å². The molecule has 2 heteroatoms. The Morgan fingerprint density at radius 3 is 2.24 bits per heavy atom. The molecule has 0 saturated heterocycles. The highest BCUT2D eigenvalue weighted by Gasteiger charge is 2.51. The molecule has 3 rings (SSSR count). The van der Waals surface area contributed by atoms with Crippen LogP contribution in [0.5, 0.6) is 0 Å². The van der Waals surface area contributed by atoms with Crippen LogP contribution in [-0.2, 0) is 10.2 Å². The number of benzene rings is 2. The van der Waals surface area contributed by atoms with Gasteiger partial charge in [-0.1, -0.05) is 62.4 Å². The van der Waals surface area contributed by atoms with Crippen molar-refractivity contribution >= 4 is 11.6 Å². The van der Waals surface area contributed by atoms with Gasteiger partial charge in [0.2, 0.25) is 5.91 Å². The molecule has 2 nitrogen and oxygen atoms in total. The van der Waals surface area contributed by atoms with E-state index in [0.29, 0.717) is 5.92 Å². The minimum absolute atomic E-state index is 0.127.